The van der Waals surface area contributed by atoms with Crippen LogP contribution < -0.4 is 0 Å². The fraction of sp³-hybridized carbons (Fsp3) is 1.00. The third kappa shape index (κ3) is 11.1. The molecule has 0 aromatic carbocycles. The van der Waals surface area contributed by atoms with E-state index in [1.165, 1.54) is 13.0 Å². The van der Waals surface area contributed by atoms with Crippen LogP contribution in [0.15, 0.2) is 0 Å². The van der Waals surface area contributed by atoms with E-state index in [1.807, 2.05) is 0 Å². The van der Waals surface area contributed by atoms with Crippen molar-refractivity contribution in [1.29, 1.82) is 0 Å². The second-order valence-electron chi connectivity index (χ2n) is 1.80. The largest absolute Gasteiger partial charge is 0.309 e. The van der Waals surface area contributed by atoms with E-state index in [4.69, 9.17) is 0 Å². The maximum Gasteiger partial charge on any atom is 0 e. The van der Waals surface area contributed by atoms with Gasteiger partial charge in [-0.15, -0.1) is 0 Å². The standard InChI is InChI=1S/C5H13N.Ce/c1-4-5-6(2)3;/h4-5H2,1-3H3;. The van der Waals surface area contributed by atoms with E-state index < -0.39 is 0 Å². The molecule has 0 unspecified atom stereocenters. The monoisotopic (exact) mass is 227 g/mol. The summed E-state index contributed by atoms with van der Waals surface area (Å²) in [6.07, 6.45) is 1.26. The van der Waals surface area contributed by atoms with Crippen molar-refractivity contribution in [1.82, 2.24) is 4.90 Å². The third-order valence-electron chi connectivity index (χ3n) is 0.671. The summed E-state index contributed by atoms with van der Waals surface area (Å²) in [4.78, 5) is 2.18. The van der Waals surface area contributed by atoms with E-state index in [-0.39, 0.29) is 41.7 Å². The Hall–Kier alpha value is 1.34. The van der Waals surface area contributed by atoms with Crippen LogP contribution in [0.25, 0.3) is 0 Å². The molecule has 42 valence electrons. The summed E-state index contributed by atoms with van der Waals surface area (Å²) >= 11 is 0. The van der Waals surface area contributed by atoms with E-state index in [1.54, 1.807) is 0 Å². The first-order chi connectivity index (χ1) is 2.77. The predicted octanol–water partition coefficient (Wildman–Crippen LogP) is 0.958. The Balaban J connectivity index is 0. The van der Waals surface area contributed by atoms with Crippen molar-refractivity contribution in [2.24, 2.45) is 0 Å². The Morgan fingerprint density at radius 3 is 1.71 bits per heavy atom. The molecule has 0 aliphatic rings. The summed E-state index contributed by atoms with van der Waals surface area (Å²) in [6, 6.07) is 0. The van der Waals surface area contributed by atoms with Crippen LogP contribution in [0.2, 0.25) is 0 Å². The summed E-state index contributed by atoms with van der Waals surface area (Å²) in [5.74, 6) is 0. The fourth-order valence-corrected chi connectivity index (χ4v) is 0.447. The zero-order valence-electron chi connectivity index (χ0n) is 5.36. The molecule has 1 nitrogen and oxygen atoms in total. The predicted molar refractivity (Wildman–Crippen MR) is 28.8 cm³/mol. The van der Waals surface area contributed by atoms with Crippen molar-refractivity contribution in [2.75, 3.05) is 20.6 Å². The Morgan fingerprint density at radius 2 is 1.71 bits per heavy atom. The van der Waals surface area contributed by atoms with Gasteiger partial charge in [-0.05, 0) is 27.1 Å². The van der Waals surface area contributed by atoms with Crippen LogP contribution in [-0.2, 0) is 0 Å². The second kappa shape index (κ2) is 7.34. The first-order valence-corrected chi connectivity index (χ1v) is 2.42. The molecule has 0 fully saturated rings. The first-order valence-electron chi connectivity index (χ1n) is 2.42. The van der Waals surface area contributed by atoms with E-state index >= 15 is 0 Å². The molecule has 0 spiro atoms. The van der Waals surface area contributed by atoms with Crippen molar-refractivity contribution in [3.8, 4) is 0 Å². The second-order valence-corrected chi connectivity index (χ2v) is 1.80. The van der Waals surface area contributed by atoms with E-state index in [9.17, 15) is 0 Å². The van der Waals surface area contributed by atoms with Gasteiger partial charge in [-0.25, -0.2) is 0 Å². The van der Waals surface area contributed by atoms with Gasteiger partial charge < -0.3 is 4.90 Å². The van der Waals surface area contributed by atoms with Crippen molar-refractivity contribution in [3.63, 3.8) is 0 Å². The van der Waals surface area contributed by atoms with Crippen molar-refractivity contribution in [2.45, 2.75) is 13.3 Å². The van der Waals surface area contributed by atoms with Crippen LogP contribution in [0.3, 0.4) is 0 Å². The van der Waals surface area contributed by atoms with E-state index in [0.717, 1.165) is 0 Å². The number of nitrogens with zero attached hydrogens (tertiary/aromatic N) is 1. The molecule has 0 atom stereocenters. The van der Waals surface area contributed by atoms with Gasteiger partial charge in [-0.1, -0.05) is 6.92 Å². The normalized spacial score (nSPS) is 8.57. The van der Waals surface area contributed by atoms with Crippen molar-refractivity contribution < 1.29 is 41.7 Å². The number of rotatable bonds is 2. The molecule has 0 aromatic heterocycles. The van der Waals surface area contributed by atoms with Gasteiger partial charge in [0.05, 0.1) is 0 Å². The molecule has 0 amide bonds. The molecule has 0 saturated heterocycles. The van der Waals surface area contributed by atoms with Crippen LogP contribution >= 0.6 is 0 Å². The summed E-state index contributed by atoms with van der Waals surface area (Å²) in [6.45, 7) is 3.39. The number of hydrogen-bond acceptors (Lipinski definition) is 1. The molecule has 0 aliphatic heterocycles. The average molecular weight is 227 g/mol. The van der Waals surface area contributed by atoms with Crippen LogP contribution in [0.1, 0.15) is 13.3 Å². The molecule has 7 heavy (non-hydrogen) atoms. The quantitative estimate of drug-likeness (QED) is 0.679. The fourth-order valence-electron chi connectivity index (χ4n) is 0.447. The minimum Gasteiger partial charge on any atom is -0.309 e. The molecule has 0 heterocycles. The third-order valence-corrected chi connectivity index (χ3v) is 0.671. The van der Waals surface area contributed by atoms with Crippen LogP contribution in [0.5, 0.6) is 0 Å². The van der Waals surface area contributed by atoms with Crippen LogP contribution in [0.4, 0.5) is 0 Å². The van der Waals surface area contributed by atoms with Crippen LogP contribution in [-0.4, -0.2) is 25.5 Å². The number of hydrogen-bond donors (Lipinski definition) is 0. The Labute approximate surface area is 79.8 Å². The molecular weight excluding hydrogens is 214 g/mol. The van der Waals surface area contributed by atoms with Gasteiger partial charge in [0.25, 0.3) is 0 Å². The van der Waals surface area contributed by atoms with Crippen molar-refractivity contribution in [3.05, 3.63) is 0 Å². The summed E-state index contributed by atoms with van der Waals surface area (Å²) in [7, 11) is 4.17. The molecular formula is C5H13CeN. The molecule has 0 saturated carbocycles. The maximum absolute atomic E-state index is 2.18. The average Bonchev–Trinajstić information content (AvgIpc) is 1.35. The van der Waals surface area contributed by atoms with Gasteiger partial charge in [0.1, 0.15) is 0 Å². The van der Waals surface area contributed by atoms with Crippen LogP contribution in [0, 0.1) is 41.7 Å². The van der Waals surface area contributed by atoms with E-state index in [2.05, 4.69) is 25.9 Å². The minimum atomic E-state index is 0. The summed E-state index contributed by atoms with van der Waals surface area (Å²) in [5.41, 5.74) is 0. The molecule has 0 bridgehead atoms. The Bertz CT molecular complexity index is 29.3. The zero-order chi connectivity index (χ0) is 4.99. The Morgan fingerprint density at radius 1 is 1.29 bits per heavy atom. The molecule has 0 rings (SSSR count). The van der Waals surface area contributed by atoms with E-state index in [0.29, 0.717) is 0 Å². The van der Waals surface area contributed by atoms with Crippen molar-refractivity contribution >= 4 is 0 Å². The maximum atomic E-state index is 2.18. The topological polar surface area (TPSA) is 3.24 Å². The Kier molecular flexibility index (Phi) is 11.7. The van der Waals surface area contributed by atoms with Gasteiger partial charge in [0.2, 0.25) is 0 Å². The van der Waals surface area contributed by atoms with Gasteiger partial charge in [0.15, 0.2) is 0 Å². The van der Waals surface area contributed by atoms with Gasteiger partial charge in [-0.2, -0.15) is 0 Å². The SMILES string of the molecule is CCCN(C)C.[Ce]. The zero-order valence-corrected chi connectivity index (χ0v) is 8.50. The molecule has 0 aromatic rings. The smallest absolute Gasteiger partial charge is 0 e. The van der Waals surface area contributed by atoms with Gasteiger partial charge in [-0.3, -0.25) is 0 Å². The van der Waals surface area contributed by atoms with Gasteiger partial charge in [0, 0.05) is 41.7 Å². The summed E-state index contributed by atoms with van der Waals surface area (Å²) < 4.78 is 0. The van der Waals surface area contributed by atoms with Gasteiger partial charge >= 0.3 is 0 Å². The molecule has 0 N–H and O–H groups in total. The molecule has 0 radical (unpaired) electrons. The summed E-state index contributed by atoms with van der Waals surface area (Å²) in [5, 5.41) is 0. The molecule has 2 heteroatoms. The minimum absolute atomic E-state index is 0. The first kappa shape index (κ1) is 11.2. The molecule has 0 aliphatic carbocycles.